The van der Waals surface area contributed by atoms with Crippen LogP contribution in [0.25, 0.3) is 0 Å². The van der Waals surface area contributed by atoms with Crippen molar-refractivity contribution in [3.8, 4) is 5.75 Å². The number of carbonyl (C=O) groups is 1. The number of phenolic OH excluding ortho intramolecular Hbond substituents is 1. The van der Waals surface area contributed by atoms with Crippen LogP contribution in [0, 0.1) is 0 Å². The van der Waals surface area contributed by atoms with Crippen LogP contribution in [-0.2, 0) is 12.7 Å². The van der Waals surface area contributed by atoms with Crippen molar-refractivity contribution >= 4 is 11.6 Å². The Bertz CT molecular complexity index is 730. The number of nitrogens with two attached hydrogens (primary N) is 1. The Labute approximate surface area is 131 Å². The van der Waals surface area contributed by atoms with Crippen LogP contribution in [0.2, 0.25) is 0 Å². The van der Waals surface area contributed by atoms with Gasteiger partial charge in [-0.1, -0.05) is 18.2 Å². The molecule has 0 aliphatic rings. The van der Waals surface area contributed by atoms with E-state index < -0.39 is 17.6 Å². The van der Waals surface area contributed by atoms with E-state index in [1.165, 1.54) is 18.0 Å². The molecule has 0 spiro atoms. The highest BCUT2D eigenvalue weighted by Gasteiger charge is 2.31. The first-order chi connectivity index (χ1) is 10.7. The standard InChI is InChI=1S/C16H15F3N2O2/c1-21(9-10-4-2-3-5-14(10)22)15(23)12-7-6-11(8-13(12)20)16(17,18)19/h2-8,22H,9,20H2,1H3. The lowest BCUT2D eigenvalue weighted by atomic mass is 10.1. The molecular weight excluding hydrogens is 309 g/mol. The molecule has 0 atom stereocenters. The summed E-state index contributed by atoms with van der Waals surface area (Å²) in [6.07, 6.45) is -4.52. The fourth-order valence-electron chi connectivity index (χ4n) is 2.11. The van der Waals surface area contributed by atoms with Crippen LogP contribution < -0.4 is 5.73 Å². The third-order valence-corrected chi connectivity index (χ3v) is 3.36. The van der Waals surface area contributed by atoms with E-state index in [0.717, 1.165) is 18.2 Å². The SMILES string of the molecule is CN(Cc1ccccc1O)C(=O)c1ccc(C(F)(F)F)cc1N. The van der Waals surface area contributed by atoms with E-state index in [-0.39, 0.29) is 23.5 Å². The summed E-state index contributed by atoms with van der Waals surface area (Å²) >= 11 is 0. The molecule has 1 amide bonds. The monoisotopic (exact) mass is 324 g/mol. The normalized spacial score (nSPS) is 11.3. The highest BCUT2D eigenvalue weighted by atomic mass is 19.4. The summed E-state index contributed by atoms with van der Waals surface area (Å²) in [6, 6.07) is 9.10. The zero-order chi connectivity index (χ0) is 17.2. The molecule has 122 valence electrons. The average molecular weight is 324 g/mol. The van der Waals surface area contributed by atoms with Crippen molar-refractivity contribution in [2.24, 2.45) is 0 Å². The number of carbonyl (C=O) groups excluding carboxylic acids is 1. The molecule has 0 unspecified atom stereocenters. The van der Waals surface area contributed by atoms with Gasteiger partial charge in [-0.25, -0.2) is 0 Å². The third kappa shape index (κ3) is 3.74. The van der Waals surface area contributed by atoms with Crippen LogP contribution in [0.5, 0.6) is 5.75 Å². The molecule has 0 saturated heterocycles. The van der Waals surface area contributed by atoms with E-state index in [2.05, 4.69) is 0 Å². The molecule has 0 radical (unpaired) electrons. The zero-order valence-electron chi connectivity index (χ0n) is 12.3. The maximum atomic E-state index is 12.6. The van der Waals surface area contributed by atoms with E-state index in [1.54, 1.807) is 18.2 Å². The minimum Gasteiger partial charge on any atom is -0.508 e. The third-order valence-electron chi connectivity index (χ3n) is 3.36. The second-order valence-corrected chi connectivity index (χ2v) is 5.09. The number of alkyl halides is 3. The van der Waals surface area contributed by atoms with Crippen molar-refractivity contribution < 1.29 is 23.1 Å². The first-order valence-corrected chi connectivity index (χ1v) is 6.69. The van der Waals surface area contributed by atoms with Crippen molar-refractivity contribution in [3.63, 3.8) is 0 Å². The number of nitrogen functional groups attached to an aromatic ring is 1. The maximum Gasteiger partial charge on any atom is 0.416 e. The number of aromatic hydroxyl groups is 1. The van der Waals surface area contributed by atoms with Gasteiger partial charge in [-0.3, -0.25) is 4.79 Å². The predicted octanol–water partition coefficient (Wildman–Crippen LogP) is 3.27. The number of hydrogen-bond acceptors (Lipinski definition) is 3. The topological polar surface area (TPSA) is 66.6 Å². The minimum absolute atomic E-state index is 0.0177. The van der Waals surface area contributed by atoms with Gasteiger partial charge in [0.25, 0.3) is 5.91 Å². The van der Waals surface area contributed by atoms with E-state index >= 15 is 0 Å². The number of benzene rings is 2. The smallest absolute Gasteiger partial charge is 0.416 e. The number of para-hydroxylation sites is 1. The first kappa shape index (κ1) is 16.7. The van der Waals surface area contributed by atoms with Crippen molar-refractivity contribution in [3.05, 3.63) is 59.2 Å². The first-order valence-electron chi connectivity index (χ1n) is 6.69. The molecule has 23 heavy (non-hydrogen) atoms. The molecule has 0 aliphatic heterocycles. The zero-order valence-corrected chi connectivity index (χ0v) is 12.3. The minimum atomic E-state index is -4.52. The number of nitrogens with zero attached hydrogens (tertiary/aromatic N) is 1. The lowest BCUT2D eigenvalue weighted by Gasteiger charge is -2.19. The molecule has 2 rings (SSSR count). The van der Waals surface area contributed by atoms with Gasteiger partial charge in [0, 0.05) is 24.8 Å². The summed E-state index contributed by atoms with van der Waals surface area (Å²) < 4.78 is 37.8. The van der Waals surface area contributed by atoms with Crippen LogP contribution in [0.15, 0.2) is 42.5 Å². The molecule has 2 aromatic rings. The summed E-state index contributed by atoms with van der Waals surface area (Å²) in [4.78, 5) is 13.6. The second kappa shape index (κ2) is 6.20. The highest BCUT2D eigenvalue weighted by Crippen LogP contribution is 2.31. The largest absolute Gasteiger partial charge is 0.508 e. The van der Waals surface area contributed by atoms with Crippen LogP contribution >= 0.6 is 0 Å². The lowest BCUT2D eigenvalue weighted by molar-refractivity contribution is -0.137. The van der Waals surface area contributed by atoms with Crippen molar-refractivity contribution in [2.75, 3.05) is 12.8 Å². The van der Waals surface area contributed by atoms with Crippen molar-refractivity contribution in [1.82, 2.24) is 4.90 Å². The van der Waals surface area contributed by atoms with Crippen LogP contribution in [0.1, 0.15) is 21.5 Å². The van der Waals surface area contributed by atoms with Crippen LogP contribution in [0.4, 0.5) is 18.9 Å². The molecule has 7 heteroatoms. The Morgan fingerprint density at radius 2 is 1.87 bits per heavy atom. The number of hydrogen-bond donors (Lipinski definition) is 2. The summed E-state index contributed by atoms with van der Waals surface area (Å²) in [5.74, 6) is -0.494. The molecule has 0 bridgehead atoms. The fraction of sp³-hybridized carbons (Fsp3) is 0.188. The van der Waals surface area contributed by atoms with E-state index in [1.807, 2.05) is 0 Å². The number of halogens is 3. The Balaban J connectivity index is 2.22. The number of phenols is 1. The van der Waals surface area contributed by atoms with Gasteiger partial charge in [0.05, 0.1) is 11.1 Å². The molecule has 2 aromatic carbocycles. The lowest BCUT2D eigenvalue weighted by Crippen LogP contribution is -2.27. The number of rotatable bonds is 3. The second-order valence-electron chi connectivity index (χ2n) is 5.09. The van der Waals surface area contributed by atoms with E-state index in [0.29, 0.717) is 5.56 Å². The molecule has 0 aromatic heterocycles. The maximum absolute atomic E-state index is 12.6. The fourth-order valence-corrected chi connectivity index (χ4v) is 2.11. The van der Waals surface area contributed by atoms with Crippen molar-refractivity contribution in [1.29, 1.82) is 0 Å². The molecule has 0 fully saturated rings. The van der Waals surface area contributed by atoms with E-state index in [4.69, 9.17) is 5.73 Å². The quantitative estimate of drug-likeness (QED) is 0.852. The van der Waals surface area contributed by atoms with Gasteiger partial charge < -0.3 is 15.7 Å². The van der Waals surface area contributed by atoms with Crippen LogP contribution in [0.3, 0.4) is 0 Å². The van der Waals surface area contributed by atoms with Gasteiger partial charge in [-0.15, -0.1) is 0 Å². The average Bonchev–Trinajstić information content (AvgIpc) is 2.48. The Morgan fingerprint density at radius 1 is 1.22 bits per heavy atom. The molecule has 4 nitrogen and oxygen atoms in total. The van der Waals surface area contributed by atoms with Gasteiger partial charge in [0.2, 0.25) is 0 Å². The summed E-state index contributed by atoms with van der Waals surface area (Å²) in [6.45, 7) is 0.103. The summed E-state index contributed by atoms with van der Waals surface area (Å²) in [5.41, 5.74) is 4.94. The van der Waals surface area contributed by atoms with Gasteiger partial charge >= 0.3 is 6.18 Å². The number of anilines is 1. The molecule has 0 aliphatic carbocycles. The summed E-state index contributed by atoms with van der Waals surface area (Å²) in [7, 11) is 1.48. The molecular formula is C16H15F3N2O2. The Hall–Kier alpha value is -2.70. The highest BCUT2D eigenvalue weighted by molar-refractivity contribution is 5.99. The predicted molar refractivity (Wildman–Crippen MR) is 79.8 cm³/mol. The van der Waals surface area contributed by atoms with Crippen molar-refractivity contribution in [2.45, 2.75) is 12.7 Å². The van der Waals surface area contributed by atoms with Gasteiger partial charge in [-0.05, 0) is 24.3 Å². The van der Waals surface area contributed by atoms with Gasteiger partial charge in [0.1, 0.15) is 5.75 Å². The molecule has 3 N–H and O–H groups in total. The Kier molecular flexibility index (Phi) is 4.49. The number of amides is 1. The van der Waals surface area contributed by atoms with Crippen LogP contribution in [-0.4, -0.2) is 23.0 Å². The van der Waals surface area contributed by atoms with Gasteiger partial charge in [0.15, 0.2) is 0 Å². The Morgan fingerprint density at radius 3 is 2.43 bits per heavy atom. The molecule has 0 saturated carbocycles. The summed E-state index contributed by atoms with van der Waals surface area (Å²) in [5, 5.41) is 9.70. The van der Waals surface area contributed by atoms with E-state index in [9.17, 15) is 23.1 Å². The molecule has 0 heterocycles. The van der Waals surface area contributed by atoms with Gasteiger partial charge in [-0.2, -0.15) is 13.2 Å².